The second kappa shape index (κ2) is 6.92. The molecule has 4 nitrogen and oxygen atoms in total. The van der Waals surface area contributed by atoms with Gasteiger partial charge in [0.2, 0.25) is 0 Å². The van der Waals surface area contributed by atoms with Crippen molar-refractivity contribution < 1.29 is 19.1 Å². The molecule has 2 rings (SSSR count). The van der Waals surface area contributed by atoms with E-state index in [0.717, 1.165) is 31.2 Å². The molecule has 0 unspecified atom stereocenters. The van der Waals surface area contributed by atoms with E-state index in [1.165, 1.54) is 0 Å². The Bertz CT molecular complexity index is 415. The van der Waals surface area contributed by atoms with Crippen molar-refractivity contribution in [2.45, 2.75) is 38.4 Å². The van der Waals surface area contributed by atoms with Gasteiger partial charge in [0.05, 0.1) is 5.92 Å². The van der Waals surface area contributed by atoms with Gasteiger partial charge in [-0.3, -0.25) is 9.59 Å². The highest BCUT2D eigenvalue weighted by Crippen LogP contribution is 2.27. The van der Waals surface area contributed by atoms with E-state index < -0.39 is 0 Å². The average molecular weight is 262 g/mol. The lowest BCUT2D eigenvalue weighted by molar-refractivity contribution is -0.160. The van der Waals surface area contributed by atoms with Crippen LogP contribution in [0.1, 0.15) is 31.2 Å². The minimum Gasteiger partial charge on any atom is -0.464 e. The minimum absolute atomic E-state index is 0.268. The zero-order valence-corrected chi connectivity index (χ0v) is 10.8. The highest BCUT2D eigenvalue weighted by atomic mass is 16.5. The van der Waals surface area contributed by atoms with E-state index in [-0.39, 0.29) is 24.6 Å². The summed E-state index contributed by atoms with van der Waals surface area (Å²) in [5.74, 6) is -0.585. The second-order valence-electron chi connectivity index (χ2n) is 4.76. The lowest BCUT2D eigenvalue weighted by Crippen LogP contribution is -2.34. The van der Waals surface area contributed by atoms with E-state index in [1.54, 1.807) is 0 Å². The van der Waals surface area contributed by atoms with Crippen LogP contribution < -0.4 is 0 Å². The maximum Gasteiger partial charge on any atom is 0.313 e. The molecule has 19 heavy (non-hydrogen) atoms. The van der Waals surface area contributed by atoms with Crippen LogP contribution in [0.5, 0.6) is 0 Å². The van der Waals surface area contributed by atoms with Crippen LogP contribution in [0.3, 0.4) is 0 Å². The van der Waals surface area contributed by atoms with Gasteiger partial charge < -0.3 is 9.47 Å². The van der Waals surface area contributed by atoms with E-state index in [2.05, 4.69) is 0 Å². The van der Waals surface area contributed by atoms with Crippen LogP contribution in [-0.2, 0) is 25.7 Å². The summed E-state index contributed by atoms with van der Waals surface area (Å²) in [6.45, 7) is 0.692. The lowest BCUT2D eigenvalue weighted by Gasteiger charge is -2.28. The van der Waals surface area contributed by atoms with Crippen LogP contribution in [0.2, 0.25) is 0 Å². The maximum absolute atomic E-state index is 12.0. The molecular weight excluding hydrogens is 244 g/mol. The fraction of sp³-hybridized carbons (Fsp3) is 0.467. The molecule has 0 heterocycles. The number of benzene rings is 1. The first-order valence-electron chi connectivity index (χ1n) is 6.61. The van der Waals surface area contributed by atoms with Crippen LogP contribution in [0.4, 0.5) is 0 Å². The lowest BCUT2D eigenvalue weighted by atomic mass is 9.86. The quantitative estimate of drug-likeness (QED) is 0.604. The molecule has 0 radical (unpaired) electrons. The Morgan fingerprint density at radius 2 is 1.95 bits per heavy atom. The number of ether oxygens (including phenoxy) is 2. The Hall–Kier alpha value is -1.84. The number of carbonyl (C=O) groups is 2. The van der Waals surface area contributed by atoms with Crippen molar-refractivity contribution in [1.29, 1.82) is 0 Å². The van der Waals surface area contributed by atoms with Crippen molar-refractivity contribution in [3.63, 3.8) is 0 Å². The second-order valence-corrected chi connectivity index (χ2v) is 4.76. The van der Waals surface area contributed by atoms with Gasteiger partial charge in [0.15, 0.2) is 0 Å². The number of hydrogen-bond donors (Lipinski definition) is 0. The first-order chi connectivity index (χ1) is 9.31. The van der Waals surface area contributed by atoms with Crippen LogP contribution in [0, 0.1) is 5.92 Å². The van der Waals surface area contributed by atoms with Crippen LogP contribution >= 0.6 is 0 Å². The highest BCUT2D eigenvalue weighted by molar-refractivity contribution is 5.73. The molecule has 0 aliphatic heterocycles. The Kier molecular flexibility index (Phi) is 4.95. The summed E-state index contributed by atoms with van der Waals surface area (Å²) < 4.78 is 10.3. The van der Waals surface area contributed by atoms with Crippen molar-refractivity contribution in [2.24, 2.45) is 5.92 Å². The summed E-state index contributed by atoms with van der Waals surface area (Å²) in [7, 11) is 0. The smallest absolute Gasteiger partial charge is 0.313 e. The molecule has 0 spiro atoms. The summed E-state index contributed by atoms with van der Waals surface area (Å²) in [4.78, 5) is 22.5. The first-order valence-corrected chi connectivity index (χ1v) is 6.61. The molecule has 0 aromatic heterocycles. The third-order valence-corrected chi connectivity index (χ3v) is 3.46. The van der Waals surface area contributed by atoms with E-state index in [1.807, 2.05) is 30.3 Å². The first kappa shape index (κ1) is 13.6. The van der Waals surface area contributed by atoms with Gasteiger partial charge in [0, 0.05) is 0 Å². The van der Waals surface area contributed by atoms with Gasteiger partial charge >= 0.3 is 5.97 Å². The Balaban J connectivity index is 1.89. The predicted octanol–water partition coefficient (Wildman–Crippen LogP) is 2.46. The molecule has 1 aromatic rings. The molecule has 0 bridgehead atoms. The van der Waals surface area contributed by atoms with Gasteiger partial charge in [0.1, 0.15) is 12.7 Å². The van der Waals surface area contributed by atoms with Crippen LogP contribution in [0.15, 0.2) is 30.3 Å². The Morgan fingerprint density at radius 1 is 1.21 bits per heavy atom. The van der Waals surface area contributed by atoms with E-state index in [0.29, 0.717) is 6.47 Å². The number of rotatable bonds is 5. The van der Waals surface area contributed by atoms with Crippen LogP contribution in [-0.4, -0.2) is 18.5 Å². The van der Waals surface area contributed by atoms with E-state index in [9.17, 15) is 9.59 Å². The van der Waals surface area contributed by atoms with Crippen LogP contribution in [0.25, 0.3) is 0 Å². The predicted molar refractivity (Wildman–Crippen MR) is 69.1 cm³/mol. The normalized spacial score (nSPS) is 22.5. The van der Waals surface area contributed by atoms with Crippen molar-refractivity contribution >= 4 is 12.4 Å². The topological polar surface area (TPSA) is 52.6 Å². The maximum atomic E-state index is 12.0. The average Bonchev–Trinajstić information content (AvgIpc) is 2.47. The van der Waals surface area contributed by atoms with Gasteiger partial charge in [-0.05, 0) is 24.8 Å². The van der Waals surface area contributed by atoms with Gasteiger partial charge in [-0.1, -0.05) is 36.8 Å². The Labute approximate surface area is 112 Å². The molecule has 1 fully saturated rings. The van der Waals surface area contributed by atoms with E-state index >= 15 is 0 Å². The molecule has 0 saturated heterocycles. The molecule has 2 atom stereocenters. The van der Waals surface area contributed by atoms with Gasteiger partial charge in [-0.15, -0.1) is 0 Å². The van der Waals surface area contributed by atoms with Gasteiger partial charge in [-0.25, -0.2) is 0 Å². The molecular formula is C15H18O4. The zero-order valence-electron chi connectivity index (χ0n) is 10.8. The molecule has 0 N–H and O–H groups in total. The zero-order chi connectivity index (χ0) is 13.5. The highest BCUT2D eigenvalue weighted by Gasteiger charge is 2.33. The van der Waals surface area contributed by atoms with Gasteiger partial charge in [-0.2, -0.15) is 0 Å². The van der Waals surface area contributed by atoms with Crippen molar-refractivity contribution in [3.05, 3.63) is 35.9 Å². The largest absolute Gasteiger partial charge is 0.464 e. The Morgan fingerprint density at radius 3 is 2.68 bits per heavy atom. The summed E-state index contributed by atoms with van der Waals surface area (Å²) in [6.07, 6.45) is 3.11. The van der Waals surface area contributed by atoms with Crippen molar-refractivity contribution in [1.82, 2.24) is 0 Å². The number of carbonyl (C=O) groups excluding carboxylic acids is 2. The third-order valence-electron chi connectivity index (χ3n) is 3.46. The number of hydrogen-bond acceptors (Lipinski definition) is 4. The molecule has 4 heteroatoms. The standard InChI is InChI=1S/C15H18O4/c16-11-19-14-9-5-4-8-13(14)15(17)18-10-12-6-2-1-3-7-12/h1-3,6-7,11,13-14H,4-5,8-10H2/t13-,14+/m1/s1. The summed E-state index contributed by atoms with van der Waals surface area (Å²) >= 11 is 0. The van der Waals surface area contributed by atoms with Crippen molar-refractivity contribution in [2.75, 3.05) is 0 Å². The molecule has 1 aliphatic carbocycles. The van der Waals surface area contributed by atoms with E-state index in [4.69, 9.17) is 9.47 Å². The minimum atomic E-state index is -0.325. The summed E-state index contributed by atoms with van der Waals surface area (Å²) in [5.41, 5.74) is 0.958. The van der Waals surface area contributed by atoms with Gasteiger partial charge in [0.25, 0.3) is 6.47 Å². The third kappa shape index (κ3) is 3.81. The summed E-state index contributed by atoms with van der Waals surface area (Å²) in [5, 5.41) is 0. The summed E-state index contributed by atoms with van der Waals surface area (Å²) in [6, 6.07) is 9.55. The number of esters is 1. The fourth-order valence-corrected chi connectivity index (χ4v) is 2.44. The molecule has 1 saturated carbocycles. The molecule has 1 aliphatic rings. The molecule has 102 valence electrons. The fourth-order valence-electron chi connectivity index (χ4n) is 2.44. The SMILES string of the molecule is O=CO[C@H]1CCCC[C@H]1C(=O)OCc1ccccc1. The molecule has 1 aromatic carbocycles. The monoisotopic (exact) mass is 262 g/mol. The van der Waals surface area contributed by atoms with Crippen molar-refractivity contribution in [3.8, 4) is 0 Å². The molecule has 0 amide bonds.